The molecule has 3 heterocycles. The number of amides is 1. The minimum absolute atomic E-state index is 0.0423. The van der Waals surface area contributed by atoms with Gasteiger partial charge in [0.05, 0.1) is 13.0 Å². The van der Waals surface area contributed by atoms with Gasteiger partial charge in [0.1, 0.15) is 11.5 Å². The molecule has 0 atom stereocenters. The number of fused-ring (bicyclic) bond motifs is 3. The molecule has 0 fully saturated rings. The molecule has 168 valence electrons. The van der Waals surface area contributed by atoms with E-state index in [2.05, 4.69) is 15.6 Å². The highest BCUT2D eigenvalue weighted by molar-refractivity contribution is 5.84. The molecule has 2 aromatic heterocycles. The number of carbonyl (C=O) groups is 2. The van der Waals surface area contributed by atoms with Crippen LogP contribution < -0.4 is 0 Å². The molecule has 0 saturated heterocycles. The van der Waals surface area contributed by atoms with Crippen molar-refractivity contribution < 1.29 is 19.1 Å². The predicted octanol–water partition coefficient (Wildman–Crippen LogP) is 4.39. The number of aliphatic carboxylic acids is 1. The van der Waals surface area contributed by atoms with Gasteiger partial charge in [-0.2, -0.15) is 0 Å². The summed E-state index contributed by atoms with van der Waals surface area (Å²) < 4.78 is 15.5. The Bertz CT molecular complexity index is 1150. The van der Waals surface area contributed by atoms with Gasteiger partial charge in [0.2, 0.25) is 5.91 Å². The lowest BCUT2D eigenvalue weighted by molar-refractivity contribution is -0.140. The molecular weight excluding hydrogens is 409 g/mol. The molecule has 1 aliphatic heterocycles. The van der Waals surface area contributed by atoms with E-state index in [0.29, 0.717) is 32.5 Å². The van der Waals surface area contributed by atoms with Gasteiger partial charge in [-0.1, -0.05) is 26.0 Å². The van der Waals surface area contributed by atoms with Gasteiger partial charge in [-0.05, 0) is 53.6 Å². The van der Waals surface area contributed by atoms with Crippen LogP contribution in [0.2, 0.25) is 0 Å². The topological polar surface area (TPSA) is 75.4 Å². The fourth-order valence-corrected chi connectivity index (χ4v) is 4.52. The smallest absolute Gasteiger partial charge is 0.303 e. The van der Waals surface area contributed by atoms with Crippen LogP contribution in [-0.2, 0) is 29.1 Å². The molecule has 1 aromatic carbocycles. The molecule has 0 spiro atoms. The summed E-state index contributed by atoms with van der Waals surface area (Å²) in [6.07, 6.45) is 3.41. The van der Waals surface area contributed by atoms with Gasteiger partial charge in [0.15, 0.2) is 0 Å². The van der Waals surface area contributed by atoms with Crippen molar-refractivity contribution in [1.29, 1.82) is 0 Å². The third-order valence-corrected chi connectivity index (χ3v) is 6.27. The number of rotatable bonds is 7. The van der Waals surface area contributed by atoms with Crippen molar-refractivity contribution in [3.8, 4) is 0 Å². The first-order chi connectivity index (χ1) is 15.2. The minimum atomic E-state index is -0.845. The summed E-state index contributed by atoms with van der Waals surface area (Å²) in [4.78, 5) is 30.5. The molecule has 1 amide bonds. The van der Waals surface area contributed by atoms with E-state index < -0.39 is 11.4 Å². The monoisotopic (exact) mass is 437 g/mol. The van der Waals surface area contributed by atoms with E-state index in [-0.39, 0.29) is 18.1 Å². The van der Waals surface area contributed by atoms with Gasteiger partial charge in [0.25, 0.3) is 0 Å². The lowest BCUT2D eigenvalue weighted by atomic mass is 9.84. The molecule has 0 unspecified atom stereocenters. The molecule has 1 aliphatic rings. The third-order valence-electron chi connectivity index (χ3n) is 6.27. The summed E-state index contributed by atoms with van der Waals surface area (Å²) in [6, 6.07) is 10.4. The second kappa shape index (κ2) is 8.73. The number of benzene rings is 1. The van der Waals surface area contributed by atoms with Crippen LogP contribution in [0, 0.1) is 11.2 Å². The molecule has 6 nitrogen and oxygen atoms in total. The van der Waals surface area contributed by atoms with Gasteiger partial charge in [-0.3, -0.25) is 9.59 Å². The lowest BCUT2D eigenvalue weighted by Gasteiger charge is -2.30. The van der Waals surface area contributed by atoms with Crippen molar-refractivity contribution in [3.05, 3.63) is 65.2 Å². The van der Waals surface area contributed by atoms with E-state index in [1.165, 1.54) is 17.7 Å². The Morgan fingerprint density at radius 1 is 1.19 bits per heavy atom. The molecule has 4 rings (SSSR count). The standard InChI is InChI=1S/C25H28FN3O3/c1-25(2,14-23(31)32)11-9-22(30)28-13-10-19-20-4-3-12-27-24(20)29(21(19)16-28)15-17-5-7-18(26)8-6-17/h3-8,12H,9-11,13-16H2,1-2H3,(H,31,32). The number of carboxylic acids is 1. The Hall–Kier alpha value is -3.22. The van der Waals surface area contributed by atoms with E-state index in [4.69, 9.17) is 5.11 Å². The fourth-order valence-electron chi connectivity index (χ4n) is 4.52. The van der Waals surface area contributed by atoms with E-state index in [1.807, 2.05) is 24.8 Å². The summed E-state index contributed by atoms with van der Waals surface area (Å²) >= 11 is 0. The zero-order chi connectivity index (χ0) is 22.9. The second-order valence-corrected chi connectivity index (χ2v) is 9.31. The van der Waals surface area contributed by atoms with Gasteiger partial charge < -0.3 is 14.6 Å². The molecule has 1 N–H and O–H groups in total. The Balaban J connectivity index is 1.57. The highest BCUT2D eigenvalue weighted by Crippen LogP contribution is 2.32. The Morgan fingerprint density at radius 3 is 2.66 bits per heavy atom. The third kappa shape index (κ3) is 4.66. The normalized spacial score (nSPS) is 13.9. The van der Waals surface area contributed by atoms with Crippen LogP contribution in [0.15, 0.2) is 42.6 Å². The van der Waals surface area contributed by atoms with Crippen molar-refractivity contribution in [1.82, 2.24) is 14.5 Å². The van der Waals surface area contributed by atoms with Crippen molar-refractivity contribution in [2.45, 2.75) is 52.6 Å². The Kier molecular flexibility index (Phi) is 6.00. The van der Waals surface area contributed by atoms with Crippen molar-refractivity contribution in [2.75, 3.05) is 6.54 Å². The van der Waals surface area contributed by atoms with Crippen LogP contribution in [0.1, 0.15) is 49.9 Å². The molecule has 0 radical (unpaired) electrons. The van der Waals surface area contributed by atoms with E-state index in [0.717, 1.165) is 28.7 Å². The highest BCUT2D eigenvalue weighted by atomic mass is 19.1. The summed E-state index contributed by atoms with van der Waals surface area (Å²) in [5.74, 6) is -1.07. The lowest BCUT2D eigenvalue weighted by Crippen LogP contribution is -2.37. The number of halogens is 1. The van der Waals surface area contributed by atoms with Crippen LogP contribution >= 0.6 is 0 Å². The van der Waals surface area contributed by atoms with Crippen molar-refractivity contribution in [3.63, 3.8) is 0 Å². The van der Waals surface area contributed by atoms with Crippen LogP contribution in [0.4, 0.5) is 4.39 Å². The number of nitrogens with zero attached hydrogens (tertiary/aromatic N) is 3. The van der Waals surface area contributed by atoms with Crippen LogP contribution in [0.5, 0.6) is 0 Å². The maximum atomic E-state index is 13.4. The minimum Gasteiger partial charge on any atom is -0.481 e. The summed E-state index contributed by atoms with van der Waals surface area (Å²) in [6.45, 7) is 5.45. The van der Waals surface area contributed by atoms with Crippen LogP contribution in [0.3, 0.4) is 0 Å². The average molecular weight is 438 g/mol. The highest BCUT2D eigenvalue weighted by Gasteiger charge is 2.29. The number of aromatic nitrogens is 2. The number of carboxylic acid groups (broad SMARTS) is 1. The Labute approximate surface area is 186 Å². The predicted molar refractivity (Wildman–Crippen MR) is 120 cm³/mol. The van der Waals surface area contributed by atoms with Crippen molar-refractivity contribution in [2.24, 2.45) is 5.41 Å². The van der Waals surface area contributed by atoms with Crippen LogP contribution in [-0.4, -0.2) is 38.0 Å². The SMILES string of the molecule is CC(C)(CCC(=O)N1CCc2c(n(Cc3ccc(F)cc3)c3ncccc23)C1)CC(=O)O. The molecule has 0 aliphatic carbocycles. The number of hydrogen-bond acceptors (Lipinski definition) is 3. The summed E-state index contributed by atoms with van der Waals surface area (Å²) in [7, 11) is 0. The zero-order valence-electron chi connectivity index (χ0n) is 18.5. The molecule has 7 heteroatoms. The molecule has 3 aromatic rings. The number of carbonyl (C=O) groups excluding carboxylic acids is 1. The van der Waals surface area contributed by atoms with E-state index in [1.54, 1.807) is 18.3 Å². The van der Waals surface area contributed by atoms with Crippen molar-refractivity contribution >= 4 is 22.9 Å². The van der Waals surface area contributed by atoms with E-state index in [9.17, 15) is 14.0 Å². The second-order valence-electron chi connectivity index (χ2n) is 9.31. The van der Waals surface area contributed by atoms with Gasteiger partial charge >= 0.3 is 5.97 Å². The average Bonchev–Trinajstić information content (AvgIpc) is 3.06. The van der Waals surface area contributed by atoms with Gasteiger partial charge in [0, 0.05) is 36.8 Å². The Morgan fingerprint density at radius 2 is 1.94 bits per heavy atom. The zero-order valence-corrected chi connectivity index (χ0v) is 18.5. The molecule has 32 heavy (non-hydrogen) atoms. The maximum Gasteiger partial charge on any atom is 0.303 e. The first-order valence-corrected chi connectivity index (χ1v) is 10.9. The molecular formula is C25H28FN3O3. The van der Waals surface area contributed by atoms with Gasteiger partial charge in [-0.15, -0.1) is 0 Å². The molecule has 0 saturated carbocycles. The quantitative estimate of drug-likeness (QED) is 0.595. The fraction of sp³-hybridized carbons (Fsp3) is 0.400. The number of hydrogen-bond donors (Lipinski definition) is 1. The van der Waals surface area contributed by atoms with Crippen LogP contribution in [0.25, 0.3) is 11.0 Å². The van der Waals surface area contributed by atoms with Gasteiger partial charge in [-0.25, -0.2) is 9.37 Å². The summed E-state index contributed by atoms with van der Waals surface area (Å²) in [5, 5.41) is 10.2. The maximum absolute atomic E-state index is 13.4. The van der Waals surface area contributed by atoms with E-state index >= 15 is 0 Å². The number of pyridine rings is 1. The first-order valence-electron chi connectivity index (χ1n) is 10.9. The largest absolute Gasteiger partial charge is 0.481 e. The summed E-state index contributed by atoms with van der Waals surface area (Å²) in [5.41, 5.74) is 3.69. The molecule has 0 bridgehead atoms. The first kappa shape index (κ1) is 22.0.